The minimum Gasteiger partial charge on any atom is -0.396 e. The summed E-state index contributed by atoms with van der Waals surface area (Å²) >= 11 is 0. The van der Waals surface area contributed by atoms with Crippen LogP contribution in [0.5, 0.6) is 0 Å². The highest BCUT2D eigenvalue weighted by atomic mass is 19.2. The molecule has 3 N–H and O–H groups in total. The van der Waals surface area contributed by atoms with Gasteiger partial charge in [-0.3, -0.25) is 0 Å². The lowest BCUT2D eigenvalue weighted by molar-refractivity contribution is 0.459. The van der Waals surface area contributed by atoms with E-state index in [1.54, 1.807) is 13.0 Å². The van der Waals surface area contributed by atoms with Gasteiger partial charge in [-0.1, -0.05) is 0 Å². The third-order valence-electron chi connectivity index (χ3n) is 2.56. The molecule has 3 nitrogen and oxygen atoms in total. The molecule has 0 fully saturated rings. The second-order valence-corrected chi connectivity index (χ2v) is 3.86. The minimum atomic E-state index is -1.54. The van der Waals surface area contributed by atoms with E-state index in [1.165, 1.54) is 6.20 Å². The van der Waals surface area contributed by atoms with Crippen molar-refractivity contribution < 1.29 is 17.6 Å². The third-order valence-corrected chi connectivity index (χ3v) is 2.56. The fourth-order valence-electron chi connectivity index (χ4n) is 1.47. The Morgan fingerprint density at radius 1 is 1.11 bits per heavy atom. The van der Waals surface area contributed by atoms with Crippen LogP contribution in [0.2, 0.25) is 0 Å². The highest BCUT2D eigenvalue weighted by Crippen LogP contribution is 2.29. The van der Waals surface area contributed by atoms with E-state index in [-0.39, 0.29) is 17.6 Å². The largest absolute Gasteiger partial charge is 0.396 e. The summed E-state index contributed by atoms with van der Waals surface area (Å²) in [4.78, 5) is 3.76. The van der Waals surface area contributed by atoms with Crippen LogP contribution in [-0.2, 0) is 0 Å². The molecule has 0 unspecified atom stereocenters. The topological polar surface area (TPSA) is 50.9 Å². The van der Waals surface area contributed by atoms with Gasteiger partial charge in [0.2, 0.25) is 0 Å². The standard InChI is InChI=1S/C12H9F4N3/c1-5-2-3-18-12(10(5)17)19-11-8(15)6(13)4-7(14)9(11)16/h2-4H,17H2,1H3,(H,18,19). The molecule has 1 aromatic carbocycles. The van der Waals surface area contributed by atoms with Crippen LogP contribution in [0.4, 0.5) is 34.8 Å². The molecule has 1 heterocycles. The third kappa shape index (κ3) is 2.31. The van der Waals surface area contributed by atoms with Gasteiger partial charge in [0.05, 0.1) is 5.69 Å². The first kappa shape index (κ1) is 13.1. The lowest BCUT2D eigenvalue weighted by Crippen LogP contribution is -2.06. The van der Waals surface area contributed by atoms with E-state index < -0.39 is 29.0 Å². The summed E-state index contributed by atoms with van der Waals surface area (Å²) in [5.74, 6) is -6.17. The number of aromatic nitrogens is 1. The van der Waals surface area contributed by atoms with Crippen molar-refractivity contribution in [2.75, 3.05) is 11.1 Å². The molecule has 0 aliphatic heterocycles. The summed E-state index contributed by atoms with van der Waals surface area (Å²) in [5, 5.41) is 2.17. The van der Waals surface area contributed by atoms with E-state index in [0.29, 0.717) is 5.56 Å². The number of halogens is 4. The van der Waals surface area contributed by atoms with Crippen LogP contribution in [0.3, 0.4) is 0 Å². The van der Waals surface area contributed by atoms with Gasteiger partial charge >= 0.3 is 0 Å². The van der Waals surface area contributed by atoms with Crippen LogP contribution in [0, 0.1) is 30.2 Å². The molecular formula is C12H9F4N3. The Hall–Kier alpha value is -2.31. The van der Waals surface area contributed by atoms with Crippen molar-refractivity contribution in [2.24, 2.45) is 0 Å². The van der Waals surface area contributed by atoms with E-state index in [0.717, 1.165) is 0 Å². The van der Waals surface area contributed by atoms with E-state index in [1.807, 2.05) is 0 Å². The van der Waals surface area contributed by atoms with E-state index in [2.05, 4.69) is 10.3 Å². The Bertz CT molecular complexity index is 617. The van der Waals surface area contributed by atoms with Crippen LogP contribution in [0.1, 0.15) is 5.56 Å². The second-order valence-electron chi connectivity index (χ2n) is 3.86. The Morgan fingerprint density at radius 2 is 1.68 bits per heavy atom. The molecule has 0 saturated carbocycles. The summed E-state index contributed by atoms with van der Waals surface area (Å²) in [6.07, 6.45) is 1.35. The molecule has 1 aromatic heterocycles. The Balaban J connectivity index is 2.52. The number of aryl methyl sites for hydroxylation is 1. The fraction of sp³-hybridized carbons (Fsp3) is 0.0833. The van der Waals surface area contributed by atoms with Gasteiger partial charge in [0.15, 0.2) is 29.1 Å². The number of rotatable bonds is 2. The predicted octanol–water partition coefficient (Wildman–Crippen LogP) is 3.27. The van der Waals surface area contributed by atoms with Gasteiger partial charge < -0.3 is 11.1 Å². The van der Waals surface area contributed by atoms with Crippen LogP contribution in [-0.4, -0.2) is 4.98 Å². The molecule has 0 radical (unpaired) electrons. The van der Waals surface area contributed by atoms with Gasteiger partial charge in [0, 0.05) is 12.3 Å². The van der Waals surface area contributed by atoms with E-state index in [4.69, 9.17) is 5.73 Å². The van der Waals surface area contributed by atoms with Gasteiger partial charge in [-0.2, -0.15) is 0 Å². The molecule has 0 amide bonds. The lowest BCUT2D eigenvalue weighted by Gasteiger charge is -2.12. The van der Waals surface area contributed by atoms with Gasteiger partial charge in [-0.15, -0.1) is 0 Å². The zero-order chi connectivity index (χ0) is 14.2. The summed E-state index contributed by atoms with van der Waals surface area (Å²) in [5.41, 5.74) is 5.42. The molecule has 0 aliphatic rings. The number of nitrogens with zero attached hydrogens (tertiary/aromatic N) is 1. The first-order chi connectivity index (χ1) is 8.91. The molecule has 0 bridgehead atoms. The predicted molar refractivity (Wildman–Crippen MR) is 62.9 cm³/mol. The smallest absolute Gasteiger partial charge is 0.185 e. The SMILES string of the molecule is Cc1ccnc(Nc2c(F)c(F)cc(F)c2F)c1N. The van der Waals surface area contributed by atoms with Crippen LogP contribution in [0.25, 0.3) is 0 Å². The number of nitrogen functional groups attached to an aromatic ring is 1. The maximum Gasteiger partial charge on any atom is 0.185 e. The number of hydrogen-bond acceptors (Lipinski definition) is 3. The van der Waals surface area contributed by atoms with Crippen LogP contribution in [0.15, 0.2) is 18.3 Å². The Kier molecular flexibility index (Phi) is 3.28. The molecule has 100 valence electrons. The number of anilines is 3. The number of nitrogens with two attached hydrogens (primary N) is 1. The van der Waals surface area contributed by atoms with E-state index in [9.17, 15) is 17.6 Å². The molecule has 2 rings (SSSR count). The summed E-state index contributed by atoms with van der Waals surface area (Å²) < 4.78 is 53.0. The van der Waals surface area contributed by atoms with E-state index >= 15 is 0 Å². The molecule has 0 spiro atoms. The quantitative estimate of drug-likeness (QED) is 0.651. The van der Waals surface area contributed by atoms with Gasteiger partial charge in [-0.25, -0.2) is 22.5 Å². The number of hydrogen-bond donors (Lipinski definition) is 2. The monoisotopic (exact) mass is 271 g/mol. The van der Waals surface area contributed by atoms with Crippen LogP contribution >= 0.6 is 0 Å². The van der Waals surface area contributed by atoms with Crippen molar-refractivity contribution in [3.63, 3.8) is 0 Å². The summed E-state index contributed by atoms with van der Waals surface area (Å²) in [6, 6.07) is 1.71. The van der Waals surface area contributed by atoms with Crippen molar-refractivity contribution in [3.8, 4) is 0 Å². The highest BCUT2D eigenvalue weighted by molar-refractivity contribution is 5.71. The van der Waals surface area contributed by atoms with Crippen molar-refractivity contribution >= 4 is 17.2 Å². The number of nitrogens with one attached hydrogen (secondary N) is 1. The fourth-order valence-corrected chi connectivity index (χ4v) is 1.47. The van der Waals surface area contributed by atoms with Crippen molar-refractivity contribution in [1.29, 1.82) is 0 Å². The van der Waals surface area contributed by atoms with Gasteiger partial charge in [0.25, 0.3) is 0 Å². The Morgan fingerprint density at radius 3 is 2.26 bits per heavy atom. The van der Waals surface area contributed by atoms with Crippen molar-refractivity contribution in [2.45, 2.75) is 6.92 Å². The first-order valence-corrected chi connectivity index (χ1v) is 5.23. The zero-order valence-electron chi connectivity index (χ0n) is 9.77. The molecule has 7 heteroatoms. The normalized spacial score (nSPS) is 10.6. The average Bonchev–Trinajstić information content (AvgIpc) is 2.37. The molecule has 0 aliphatic carbocycles. The van der Waals surface area contributed by atoms with Crippen molar-refractivity contribution in [1.82, 2.24) is 4.98 Å². The second kappa shape index (κ2) is 4.75. The first-order valence-electron chi connectivity index (χ1n) is 5.23. The molecular weight excluding hydrogens is 262 g/mol. The number of pyridine rings is 1. The maximum atomic E-state index is 13.4. The molecule has 2 aromatic rings. The van der Waals surface area contributed by atoms with Gasteiger partial charge in [-0.05, 0) is 18.6 Å². The zero-order valence-corrected chi connectivity index (χ0v) is 9.77. The van der Waals surface area contributed by atoms with Crippen molar-refractivity contribution in [3.05, 3.63) is 47.2 Å². The minimum absolute atomic E-state index is 0.0807. The molecule has 0 atom stereocenters. The highest BCUT2D eigenvalue weighted by Gasteiger charge is 2.20. The lowest BCUT2D eigenvalue weighted by atomic mass is 10.2. The number of benzene rings is 1. The van der Waals surface area contributed by atoms with Crippen LogP contribution < -0.4 is 11.1 Å². The maximum absolute atomic E-state index is 13.4. The Labute approximate surface area is 106 Å². The summed E-state index contributed by atoms with van der Waals surface area (Å²) in [7, 11) is 0. The average molecular weight is 271 g/mol. The molecule has 19 heavy (non-hydrogen) atoms. The van der Waals surface area contributed by atoms with Gasteiger partial charge in [0.1, 0.15) is 5.69 Å². The molecule has 0 saturated heterocycles. The summed E-state index contributed by atoms with van der Waals surface area (Å²) in [6.45, 7) is 1.65.